The minimum Gasteiger partial charge on any atom is -0.338 e. The molecule has 0 aromatic heterocycles. The summed E-state index contributed by atoms with van der Waals surface area (Å²) in [6.45, 7) is 5.27. The second kappa shape index (κ2) is 10.4. The van der Waals surface area contributed by atoms with Crippen LogP contribution in [0.15, 0.2) is 28.7 Å². The lowest BCUT2D eigenvalue weighted by molar-refractivity contribution is 0.0762. The SMILES string of the molecule is CCCCCN(CCS(=O)(=O)N1CCNCC1)C(=O)c1ccc(Br)cc1. The number of sulfonamides is 1. The van der Waals surface area contributed by atoms with Crippen molar-refractivity contribution in [2.45, 2.75) is 26.2 Å². The summed E-state index contributed by atoms with van der Waals surface area (Å²) >= 11 is 3.37. The van der Waals surface area contributed by atoms with E-state index in [-0.39, 0.29) is 18.2 Å². The number of hydrogen-bond acceptors (Lipinski definition) is 4. The number of unbranched alkanes of at least 4 members (excludes halogenated alkanes) is 2. The van der Waals surface area contributed by atoms with Crippen LogP contribution in [-0.2, 0) is 10.0 Å². The maximum atomic E-state index is 12.8. The van der Waals surface area contributed by atoms with Gasteiger partial charge in [-0.2, -0.15) is 4.31 Å². The van der Waals surface area contributed by atoms with Gasteiger partial charge in [0, 0.05) is 49.3 Å². The van der Waals surface area contributed by atoms with Gasteiger partial charge in [-0.1, -0.05) is 35.7 Å². The van der Waals surface area contributed by atoms with E-state index >= 15 is 0 Å². The van der Waals surface area contributed by atoms with E-state index < -0.39 is 10.0 Å². The molecule has 6 nitrogen and oxygen atoms in total. The summed E-state index contributed by atoms with van der Waals surface area (Å²) in [7, 11) is -3.34. The Kier molecular flexibility index (Phi) is 8.53. The van der Waals surface area contributed by atoms with Crippen molar-refractivity contribution in [1.29, 1.82) is 0 Å². The molecular weight excluding hydrogens is 418 g/mol. The van der Waals surface area contributed by atoms with Gasteiger partial charge in [-0.25, -0.2) is 8.42 Å². The van der Waals surface area contributed by atoms with Gasteiger partial charge in [0.15, 0.2) is 0 Å². The maximum Gasteiger partial charge on any atom is 0.253 e. The summed E-state index contributed by atoms with van der Waals surface area (Å²) in [6.07, 6.45) is 2.96. The van der Waals surface area contributed by atoms with Crippen LogP contribution in [0.4, 0.5) is 0 Å². The first kappa shape index (κ1) is 21.3. The van der Waals surface area contributed by atoms with Crippen LogP contribution in [0.25, 0.3) is 0 Å². The van der Waals surface area contributed by atoms with Gasteiger partial charge in [0.25, 0.3) is 5.91 Å². The monoisotopic (exact) mass is 445 g/mol. The van der Waals surface area contributed by atoms with Crippen LogP contribution in [0.1, 0.15) is 36.5 Å². The smallest absolute Gasteiger partial charge is 0.253 e. The number of nitrogens with zero attached hydrogens (tertiary/aromatic N) is 2. The van der Waals surface area contributed by atoms with Crippen molar-refractivity contribution in [2.75, 3.05) is 45.0 Å². The van der Waals surface area contributed by atoms with E-state index in [9.17, 15) is 13.2 Å². The van der Waals surface area contributed by atoms with Gasteiger partial charge in [0.05, 0.1) is 5.75 Å². The summed E-state index contributed by atoms with van der Waals surface area (Å²) < 4.78 is 27.6. The molecule has 1 saturated heterocycles. The molecule has 0 spiro atoms. The second-order valence-electron chi connectivity index (χ2n) is 6.47. The highest BCUT2D eigenvalue weighted by molar-refractivity contribution is 9.10. The number of carbonyl (C=O) groups excluding carboxylic acids is 1. The summed E-state index contributed by atoms with van der Waals surface area (Å²) in [5, 5.41) is 3.16. The third-order valence-corrected chi connectivity index (χ3v) is 6.88. The van der Waals surface area contributed by atoms with E-state index in [0.717, 1.165) is 23.7 Å². The standard InChI is InChI=1S/C18H28BrN3O3S/c1-2-3-4-11-21(18(23)16-5-7-17(19)8-6-16)14-15-26(24,25)22-12-9-20-10-13-22/h5-8,20H,2-4,9-15H2,1H3. The Morgan fingerprint density at radius 2 is 1.81 bits per heavy atom. The Hall–Kier alpha value is -0.960. The Morgan fingerprint density at radius 3 is 2.42 bits per heavy atom. The molecule has 26 heavy (non-hydrogen) atoms. The lowest BCUT2D eigenvalue weighted by atomic mass is 10.2. The molecule has 0 atom stereocenters. The zero-order valence-electron chi connectivity index (χ0n) is 15.3. The van der Waals surface area contributed by atoms with Crippen LogP contribution in [-0.4, -0.2) is 68.6 Å². The third-order valence-electron chi connectivity index (χ3n) is 4.50. The Morgan fingerprint density at radius 1 is 1.15 bits per heavy atom. The van der Waals surface area contributed by atoms with Crippen molar-refractivity contribution in [1.82, 2.24) is 14.5 Å². The van der Waals surface area contributed by atoms with Crippen LogP contribution in [0.5, 0.6) is 0 Å². The van der Waals surface area contributed by atoms with Crippen LogP contribution in [0.3, 0.4) is 0 Å². The highest BCUT2D eigenvalue weighted by atomic mass is 79.9. The fourth-order valence-electron chi connectivity index (χ4n) is 2.92. The zero-order valence-corrected chi connectivity index (χ0v) is 17.7. The predicted molar refractivity (Wildman–Crippen MR) is 108 cm³/mol. The van der Waals surface area contributed by atoms with Crippen LogP contribution >= 0.6 is 15.9 Å². The van der Waals surface area contributed by atoms with Crippen molar-refractivity contribution >= 4 is 31.9 Å². The van der Waals surface area contributed by atoms with Crippen molar-refractivity contribution < 1.29 is 13.2 Å². The van der Waals surface area contributed by atoms with Crippen molar-refractivity contribution in [2.24, 2.45) is 0 Å². The van der Waals surface area contributed by atoms with E-state index in [4.69, 9.17) is 0 Å². The summed E-state index contributed by atoms with van der Waals surface area (Å²) in [5.41, 5.74) is 0.587. The summed E-state index contributed by atoms with van der Waals surface area (Å²) in [6, 6.07) is 7.19. The number of nitrogens with one attached hydrogen (secondary N) is 1. The fraction of sp³-hybridized carbons (Fsp3) is 0.611. The number of hydrogen-bond donors (Lipinski definition) is 1. The molecule has 0 unspecified atom stereocenters. The average Bonchev–Trinajstić information content (AvgIpc) is 2.65. The molecule has 1 aromatic rings. The number of rotatable bonds is 9. The Labute approximate surface area is 165 Å². The molecule has 0 saturated carbocycles. The van der Waals surface area contributed by atoms with Gasteiger partial charge < -0.3 is 10.2 Å². The van der Waals surface area contributed by atoms with Gasteiger partial charge in [-0.3, -0.25) is 4.79 Å². The number of benzene rings is 1. The van der Waals surface area contributed by atoms with E-state index in [1.54, 1.807) is 17.0 Å². The number of amides is 1. The molecule has 1 N–H and O–H groups in total. The van der Waals surface area contributed by atoms with E-state index in [2.05, 4.69) is 28.2 Å². The van der Waals surface area contributed by atoms with Gasteiger partial charge in [0.2, 0.25) is 10.0 Å². The first-order chi connectivity index (χ1) is 12.4. The van der Waals surface area contributed by atoms with Crippen LogP contribution < -0.4 is 5.32 Å². The lowest BCUT2D eigenvalue weighted by Crippen LogP contribution is -2.48. The summed E-state index contributed by atoms with van der Waals surface area (Å²) in [5.74, 6) is -0.134. The highest BCUT2D eigenvalue weighted by Gasteiger charge is 2.25. The topological polar surface area (TPSA) is 69.7 Å². The number of carbonyl (C=O) groups is 1. The third kappa shape index (κ3) is 6.33. The van der Waals surface area contributed by atoms with E-state index in [0.29, 0.717) is 38.3 Å². The first-order valence-electron chi connectivity index (χ1n) is 9.17. The van der Waals surface area contributed by atoms with Gasteiger partial charge in [-0.05, 0) is 30.7 Å². The zero-order chi connectivity index (χ0) is 19.0. The minimum absolute atomic E-state index is 0.0264. The van der Waals surface area contributed by atoms with Crippen molar-refractivity contribution in [3.8, 4) is 0 Å². The van der Waals surface area contributed by atoms with E-state index in [1.807, 2.05) is 12.1 Å². The van der Waals surface area contributed by atoms with Crippen LogP contribution in [0, 0.1) is 0 Å². The number of halogens is 1. The van der Waals surface area contributed by atoms with E-state index in [1.165, 1.54) is 4.31 Å². The molecule has 1 fully saturated rings. The van der Waals surface area contributed by atoms with Crippen molar-refractivity contribution in [3.63, 3.8) is 0 Å². The van der Waals surface area contributed by atoms with Crippen LogP contribution in [0.2, 0.25) is 0 Å². The molecule has 1 aliphatic heterocycles. The molecule has 1 aliphatic rings. The molecule has 1 amide bonds. The normalized spacial score (nSPS) is 15.8. The minimum atomic E-state index is -3.34. The quantitative estimate of drug-likeness (QED) is 0.592. The molecule has 1 aromatic carbocycles. The molecule has 0 aliphatic carbocycles. The molecule has 1 heterocycles. The lowest BCUT2D eigenvalue weighted by Gasteiger charge is -2.28. The fourth-order valence-corrected chi connectivity index (χ4v) is 4.63. The number of piperazine rings is 1. The van der Waals surface area contributed by atoms with Gasteiger partial charge in [0.1, 0.15) is 0 Å². The molecular formula is C18H28BrN3O3S. The highest BCUT2D eigenvalue weighted by Crippen LogP contribution is 2.14. The first-order valence-corrected chi connectivity index (χ1v) is 11.6. The largest absolute Gasteiger partial charge is 0.338 e. The summed E-state index contributed by atoms with van der Waals surface area (Å²) in [4.78, 5) is 14.5. The predicted octanol–water partition coefficient (Wildman–Crippen LogP) is 2.32. The van der Waals surface area contributed by atoms with Gasteiger partial charge in [-0.15, -0.1) is 0 Å². The Bertz CT molecular complexity index is 673. The average molecular weight is 446 g/mol. The molecule has 0 bridgehead atoms. The maximum absolute atomic E-state index is 12.8. The van der Waals surface area contributed by atoms with Crippen molar-refractivity contribution in [3.05, 3.63) is 34.3 Å². The molecule has 146 valence electrons. The molecule has 2 rings (SSSR count). The molecule has 8 heteroatoms. The Balaban J connectivity index is 2.03. The second-order valence-corrected chi connectivity index (χ2v) is 9.48. The van der Waals surface area contributed by atoms with Gasteiger partial charge >= 0.3 is 0 Å². The molecule has 0 radical (unpaired) electrons.